The molecule has 1 aromatic carbocycles. The maximum absolute atomic E-state index is 13.8. The van der Waals surface area contributed by atoms with Gasteiger partial charge in [0.15, 0.2) is 0 Å². The van der Waals surface area contributed by atoms with Crippen molar-refractivity contribution in [1.82, 2.24) is 4.90 Å². The minimum atomic E-state index is -0.962. The zero-order valence-electron chi connectivity index (χ0n) is 18.6. The molecule has 0 aromatic heterocycles. The van der Waals surface area contributed by atoms with E-state index in [1.165, 1.54) is 11.8 Å². The summed E-state index contributed by atoms with van der Waals surface area (Å²) in [6.07, 6.45) is 2.84. The van der Waals surface area contributed by atoms with Crippen LogP contribution in [0.5, 0.6) is 0 Å². The number of rotatable bonds is 4. The number of allylic oxidation sites excluding steroid dienone is 1. The Morgan fingerprint density at radius 1 is 1.10 bits per heavy atom. The number of carboxylic acids is 1. The highest BCUT2D eigenvalue weighted by Gasteiger charge is 2.42. The molecule has 1 saturated carbocycles. The molecule has 164 valence electrons. The third-order valence-electron chi connectivity index (χ3n) is 6.21. The van der Waals surface area contributed by atoms with Crippen molar-refractivity contribution in [2.24, 2.45) is 5.41 Å². The topological polar surface area (TPSA) is 77.8 Å². The molecule has 1 unspecified atom stereocenters. The van der Waals surface area contributed by atoms with E-state index in [0.717, 1.165) is 11.1 Å². The molecule has 3 rings (SSSR count). The fraction of sp³-hybridized carbons (Fsp3) is 0.583. The maximum atomic E-state index is 13.8. The predicted molar refractivity (Wildman–Crippen MR) is 120 cm³/mol. The molecule has 0 radical (unpaired) electrons. The lowest BCUT2D eigenvalue weighted by Crippen LogP contribution is -2.43. The molecule has 1 aromatic rings. The summed E-state index contributed by atoms with van der Waals surface area (Å²) in [6.45, 7) is 10.3. The monoisotopic (exact) mass is 431 g/mol. The predicted octanol–water partition coefficient (Wildman–Crippen LogP) is 4.90. The van der Waals surface area contributed by atoms with Gasteiger partial charge in [0.1, 0.15) is 4.91 Å². The average molecular weight is 432 g/mol. The SMILES string of the molecule is Cc1ccc(C(=O)N(C2=C(C(=O)O)SC(C(C)(C)C)C2)C2CCC(O)CC2)c(C)c1. The Bertz CT molecular complexity index is 862. The first-order chi connectivity index (χ1) is 14.0. The van der Waals surface area contributed by atoms with Crippen LogP contribution in [-0.2, 0) is 4.79 Å². The van der Waals surface area contributed by atoms with Crippen LogP contribution in [0.3, 0.4) is 0 Å². The third-order valence-corrected chi connectivity index (χ3v) is 8.02. The van der Waals surface area contributed by atoms with Gasteiger partial charge in [0.2, 0.25) is 0 Å². The van der Waals surface area contributed by atoms with E-state index in [2.05, 4.69) is 20.8 Å². The molecule has 6 heteroatoms. The van der Waals surface area contributed by atoms with Crippen LogP contribution in [-0.4, -0.2) is 44.4 Å². The van der Waals surface area contributed by atoms with E-state index < -0.39 is 5.97 Å². The molecule has 5 nitrogen and oxygen atoms in total. The highest BCUT2D eigenvalue weighted by Crippen LogP contribution is 2.48. The highest BCUT2D eigenvalue weighted by molar-refractivity contribution is 8.04. The number of carbonyl (C=O) groups excluding carboxylic acids is 1. The van der Waals surface area contributed by atoms with Gasteiger partial charge < -0.3 is 15.1 Å². The van der Waals surface area contributed by atoms with Gasteiger partial charge >= 0.3 is 5.97 Å². The number of nitrogens with zero attached hydrogens (tertiary/aromatic N) is 1. The lowest BCUT2D eigenvalue weighted by molar-refractivity contribution is -0.131. The van der Waals surface area contributed by atoms with Crippen LogP contribution in [0.4, 0.5) is 0 Å². The lowest BCUT2D eigenvalue weighted by atomic mass is 9.87. The minimum Gasteiger partial charge on any atom is -0.477 e. The van der Waals surface area contributed by atoms with Crippen molar-refractivity contribution in [3.8, 4) is 0 Å². The van der Waals surface area contributed by atoms with E-state index in [1.807, 2.05) is 32.0 Å². The number of amides is 1. The molecule has 0 spiro atoms. The number of aliphatic hydroxyl groups excluding tert-OH is 1. The first-order valence-electron chi connectivity index (χ1n) is 10.7. The second kappa shape index (κ2) is 8.75. The van der Waals surface area contributed by atoms with Crippen LogP contribution in [0.15, 0.2) is 28.8 Å². The van der Waals surface area contributed by atoms with E-state index in [9.17, 15) is 19.8 Å². The number of aliphatic hydroxyl groups is 1. The Morgan fingerprint density at radius 3 is 2.27 bits per heavy atom. The second-order valence-electron chi connectivity index (χ2n) is 9.71. The zero-order chi connectivity index (χ0) is 22.2. The van der Waals surface area contributed by atoms with Gasteiger partial charge in [-0.05, 0) is 56.6 Å². The molecule has 2 aliphatic rings. The molecular weight excluding hydrogens is 398 g/mol. The Morgan fingerprint density at radius 2 is 1.73 bits per heavy atom. The van der Waals surface area contributed by atoms with Crippen LogP contribution in [0.2, 0.25) is 0 Å². The van der Waals surface area contributed by atoms with Crippen molar-refractivity contribution in [3.05, 3.63) is 45.5 Å². The van der Waals surface area contributed by atoms with Gasteiger partial charge in [0, 0.05) is 29.0 Å². The van der Waals surface area contributed by atoms with Crippen molar-refractivity contribution in [2.75, 3.05) is 0 Å². The van der Waals surface area contributed by atoms with Crippen molar-refractivity contribution >= 4 is 23.6 Å². The van der Waals surface area contributed by atoms with Gasteiger partial charge in [-0.1, -0.05) is 38.5 Å². The van der Waals surface area contributed by atoms with Crippen molar-refractivity contribution in [1.29, 1.82) is 0 Å². The molecule has 0 bridgehead atoms. The largest absolute Gasteiger partial charge is 0.477 e. The third kappa shape index (κ3) is 4.75. The average Bonchev–Trinajstić information content (AvgIpc) is 3.09. The first-order valence-corrected chi connectivity index (χ1v) is 11.6. The molecule has 0 saturated heterocycles. The Hall–Kier alpha value is -1.79. The number of hydrogen-bond acceptors (Lipinski definition) is 4. The summed E-state index contributed by atoms with van der Waals surface area (Å²) < 4.78 is 0. The minimum absolute atomic E-state index is 0.0790. The van der Waals surface area contributed by atoms with Crippen LogP contribution in [0.1, 0.15) is 74.4 Å². The van der Waals surface area contributed by atoms with Crippen LogP contribution >= 0.6 is 11.8 Å². The standard InChI is InChI=1S/C24H33NO4S/c1-14-6-11-18(15(2)12-14)22(27)25(16-7-9-17(26)10-8-16)19-13-20(24(3,4)5)30-21(19)23(28)29/h6,11-12,16-17,20,26H,7-10,13H2,1-5H3,(H,28,29). The summed E-state index contributed by atoms with van der Waals surface area (Å²) in [5.41, 5.74) is 3.17. The molecule has 30 heavy (non-hydrogen) atoms. The smallest absolute Gasteiger partial charge is 0.343 e. The van der Waals surface area contributed by atoms with E-state index in [-0.39, 0.29) is 28.7 Å². The number of hydrogen-bond donors (Lipinski definition) is 2. The number of thioether (sulfide) groups is 1. The van der Waals surface area contributed by atoms with Gasteiger partial charge in [-0.25, -0.2) is 4.79 Å². The van der Waals surface area contributed by atoms with Crippen molar-refractivity contribution < 1.29 is 19.8 Å². The Labute approximate surface area is 183 Å². The number of carbonyl (C=O) groups is 2. The molecule has 1 aliphatic heterocycles. The van der Waals surface area contributed by atoms with Crippen LogP contribution in [0, 0.1) is 19.3 Å². The van der Waals surface area contributed by atoms with Gasteiger partial charge in [-0.15, -0.1) is 11.8 Å². The lowest BCUT2D eigenvalue weighted by Gasteiger charge is -2.37. The quantitative estimate of drug-likeness (QED) is 0.709. The Kier molecular flexibility index (Phi) is 6.68. The van der Waals surface area contributed by atoms with Crippen molar-refractivity contribution in [2.45, 2.75) is 84.1 Å². The number of carboxylic acid groups (broad SMARTS) is 1. The van der Waals surface area contributed by atoms with Gasteiger partial charge in [0.05, 0.1) is 6.10 Å². The number of aliphatic carboxylic acids is 1. The summed E-state index contributed by atoms with van der Waals surface area (Å²) >= 11 is 1.38. The summed E-state index contributed by atoms with van der Waals surface area (Å²) in [5.74, 6) is -1.09. The summed E-state index contributed by atoms with van der Waals surface area (Å²) in [7, 11) is 0. The normalized spacial score (nSPS) is 24.8. The molecule has 1 atom stereocenters. The summed E-state index contributed by atoms with van der Waals surface area (Å²) in [4.78, 5) is 28.0. The Balaban J connectivity index is 2.05. The van der Waals surface area contributed by atoms with E-state index >= 15 is 0 Å². The second-order valence-corrected chi connectivity index (χ2v) is 10.9. The fourth-order valence-electron chi connectivity index (χ4n) is 4.39. The van der Waals surface area contributed by atoms with Gasteiger partial charge in [0.25, 0.3) is 5.91 Å². The number of aryl methyl sites for hydroxylation is 2. The van der Waals surface area contributed by atoms with Crippen molar-refractivity contribution in [3.63, 3.8) is 0 Å². The zero-order valence-corrected chi connectivity index (χ0v) is 19.4. The summed E-state index contributed by atoms with van der Waals surface area (Å²) in [5, 5.41) is 20.0. The van der Waals surface area contributed by atoms with E-state index in [0.29, 0.717) is 48.3 Å². The molecule has 2 N–H and O–H groups in total. The number of benzene rings is 1. The molecule has 1 aliphatic carbocycles. The fourth-order valence-corrected chi connectivity index (χ4v) is 5.69. The van der Waals surface area contributed by atoms with Crippen LogP contribution < -0.4 is 0 Å². The van der Waals surface area contributed by atoms with Crippen LogP contribution in [0.25, 0.3) is 0 Å². The molecular formula is C24H33NO4S. The molecule has 1 heterocycles. The van der Waals surface area contributed by atoms with Gasteiger partial charge in [-0.3, -0.25) is 4.79 Å². The maximum Gasteiger partial charge on any atom is 0.343 e. The molecule has 1 fully saturated rings. The van der Waals surface area contributed by atoms with E-state index in [1.54, 1.807) is 4.90 Å². The first kappa shape index (κ1) is 22.9. The van der Waals surface area contributed by atoms with Gasteiger partial charge in [-0.2, -0.15) is 0 Å². The summed E-state index contributed by atoms with van der Waals surface area (Å²) in [6, 6.07) is 5.67. The highest BCUT2D eigenvalue weighted by atomic mass is 32.2. The molecule has 1 amide bonds. The van der Waals surface area contributed by atoms with E-state index in [4.69, 9.17) is 0 Å².